The monoisotopic (exact) mass is 382 g/mol. The highest BCUT2D eigenvalue weighted by Crippen LogP contribution is 2.23. The molecule has 140 valence electrons. The van der Waals surface area contributed by atoms with Crippen LogP contribution in [0.4, 0.5) is 17.5 Å². The fourth-order valence-electron chi connectivity index (χ4n) is 2.73. The molecule has 0 bridgehead atoms. The van der Waals surface area contributed by atoms with Gasteiger partial charge in [0, 0.05) is 29.0 Å². The molecule has 6 heteroatoms. The summed E-state index contributed by atoms with van der Waals surface area (Å²) in [5, 5.41) is 7.29. The Kier molecular flexibility index (Phi) is 6.14. The first-order valence-electron chi connectivity index (χ1n) is 8.79. The van der Waals surface area contributed by atoms with Crippen LogP contribution in [0, 0.1) is 13.8 Å². The van der Waals surface area contributed by atoms with Crippen molar-refractivity contribution in [3.63, 3.8) is 0 Å². The van der Waals surface area contributed by atoms with Crippen LogP contribution in [-0.2, 0) is 6.42 Å². The van der Waals surface area contributed by atoms with Crippen molar-refractivity contribution in [2.75, 3.05) is 24.3 Å². The molecule has 0 aliphatic carbocycles. The van der Waals surface area contributed by atoms with Gasteiger partial charge in [-0.3, -0.25) is 0 Å². The largest absolute Gasteiger partial charge is 0.497 e. The number of nitrogens with zero attached hydrogens (tertiary/aromatic N) is 2. The summed E-state index contributed by atoms with van der Waals surface area (Å²) in [5.74, 6) is 2.20. The second-order valence-corrected chi connectivity index (χ2v) is 6.77. The summed E-state index contributed by atoms with van der Waals surface area (Å²) in [4.78, 5) is 9.03. The van der Waals surface area contributed by atoms with Gasteiger partial charge >= 0.3 is 0 Å². The van der Waals surface area contributed by atoms with E-state index in [1.807, 2.05) is 56.3 Å². The lowest BCUT2D eigenvalue weighted by Crippen LogP contribution is -2.09. The van der Waals surface area contributed by atoms with E-state index in [0.29, 0.717) is 11.0 Å². The molecule has 2 aromatic carbocycles. The summed E-state index contributed by atoms with van der Waals surface area (Å²) in [5.41, 5.74) is 4.07. The van der Waals surface area contributed by atoms with Crippen LogP contribution in [0.2, 0.25) is 5.02 Å². The zero-order chi connectivity index (χ0) is 19.2. The molecule has 0 saturated carbocycles. The van der Waals surface area contributed by atoms with E-state index in [9.17, 15) is 0 Å². The molecule has 3 aromatic rings. The number of hydrogen-bond donors (Lipinski definition) is 2. The molecule has 2 N–H and O–H groups in total. The number of benzene rings is 2. The summed E-state index contributed by atoms with van der Waals surface area (Å²) in [6.07, 6.45) is 0.871. The van der Waals surface area contributed by atoms with Gasteiger partial charge in [-0.2, -0.15) is 4.98 Å². The predicted molar refractivity (Wildman–Crippen MR) is 111 cm³/mol. The topological polar surface area (TPSA) is 59.1 Å². The van der Waals surface area contributed by atoms with E-state index >= 15 is 0 Å². The normalized spacial score (nSPS) is 10.5. The standard InChI is InChI=1S/C21H23ClN4O/c1-14-7-8-17(22)13-19(14)25-21-24-15(2)11-20(26-21)23-10-9-16-5-4-6-18(12-16)27-3/h4-8,11-13H,9-10H2,1-3H3,(H2,23,24,25,26). The van der Waals surface area contributed by atoms with E-state index in [-0.39, 0.29) is 0 Å². The van der Waals surface area contributed by atoms with Gasteiger partial charge in [0.1, 0.15) is 11.6 Å². The molecule has 5 nitrogen and oxygen atoms in total. The summed E-state index contributed by atoms with van der Waals surface area (Å²) >= 11 is 6.09. The maximum Gasteiger partial charge on any atom is 0.229 e. The van der Waals surface area contributed by atoms with Gasteiger partial charge in [0.2, 0.25) is 5.95 Å². The number of aryl methyl sites for hydroxylation is 2. The molecule has 0 atom stereocenters. The number of halogens is 1. The van der Waals surface area contributed by atoms with E-state index in [0.717, 1.165) is 41.5 Å². The number of hydrogen-bond acceptors (Lipinski definition) is 5. The molecule has 0 saturated heterocycles. The Morgan fingerprint density at radius 3 is 2.70 bits per heavy atom. The van der Waals surface area contributed by atoms with E-state index < -0.39 is 0 Å². The Labute approximate surface area is 164 Å². The molecular formula is C21H23ClN4O. The first-order valence-corrected chi connectivity index (χ1v) is 9.17. The highest BCUT2D eigenvalue weighted by molar-refractivity contribution is 6.30. The molecule has 27 heavy (non-hydrogen) atoms. The molecule has 0 aliphatic rings. The summed E-state index contributed by atoms with van der Waals surface area (Å²) in [6.45, 7) is 4.73. The van der Waals surface area contributed by atoms with E-state index in [2.05, 4.69) is 26.7 Å². The molecule has 0 radical (unpaired) electrons. The number of methoxy groups -OCH3 is 1. The maximum atomic E-state index is 6.09. The minimum Gasteiger partial charge on any atom is -0.497 e. The lowest BCUT2D eigenvalue weighted by atomic mass is 10.1. The van der Waals surface area contributed by atoms with Crippen LogP contribution in [-0.4, -0.2) is 23.6 Å². The van der Waals surface area contributed by atoms with Crippen molar-refractivity contribution < 1.29 is 4.74 Å². The molecule has 0 aliphatic heterocycles. The third-order valence-corrected chi connectivity index (χ3v) is 4.39. The second kappa shape index (κ2) is 8.73. The second-order valence-electron chi connectivity index (χ2n) is 6.33. The van der Waals surface area contributed by atoms with Crippen LogP contribution in [0.3, 0.4) is 0 Å². The molecule has 1 aromatic heterocycles. The number of aromatic nitrogens is 2. The van der Waals surface area contributed by atoms with E-state index in [1.165, 1.54) is 5.56 Å². The van der Waals surface area contributed by atoms with Crippen molar-refractivity contribution in [3.8, 4) is 5.75 Å². The van der Waals surface area contributed by atoms with Gasteiger partial charge in [0.05, 0.1) is 7.11 Å². The van der Waals surface area contributed by atoms with Crippen molar-refractivity contribution >= 4 is 29.1 Å². The lowest BCUT2D eigenvalue weighted by Gasteiger charge is -2.12. The van der Waals surface area contributed by atoms with Crippen LogP contribution < -0.4 is 15.4 Å². The number of nitrogens with one attached hydrogen (secondary N) is 2. The van der Waals surface area contributed by atoms with Crippen LogP contribution in [0.1, 0.15) is 16.8 Å². The summed E-state index contributed by atoms with van der Waals surface area (Å²) < 4.78 is 5.27. The first-order chi connectivity index (χ1) is 13.0. The van der Waals surface area contributed by atoms with Gasteiger partial charge in [-0.25, -0.2) is 4.98 Å². The average Bonchev–Trinajstić information content (AvgIpc) is 2.64. The molecule has 3 rings (SSSR count). The average molecular weight is 383 g/mol. The van der Waals surface area contributed by atoms with Gasteiger partial charge in [0.15, 0.2) is 0 Å². The van der Waals surface area contributed by atoms with Crippen LogP contribution in [0.15, 0.2) is 48.5 Å². The van der Waals surface area contributed by atoms with Gasteiger partial charge in [0.25, 0.3) is 0 Å². The minimum atomic E-state index is 0.546. The number of rotatable bonds is 7. The predicted octanol–water partition coefficient (Wildman–Crippen LogP) is 5.15. The smallest absolute Gasteiger partial charge is 0.229 e. The Bertz CT molecular complexity index is 930. The number of anilines is 3. The van der Waals surface area contributed by atoms with E-state index in [1.54, 1.807) is 7.11 Å². The lowest BCUT2D eigenvalue weighted by molar-refractivity contribution is 0.414. The quantitative estimate of drug-likeness (QED) is 0.591. The Morgan fingerprint density at radius 2 is 1.89 bits per heavy atom. The van der Waals surface area contributed by atoms with Gasteiger partial charge in [-0.15, -0.1) is 0 Å². The van der Waals surface area contributed by atoms with Gasteiger partial charge < -0.3 is 15.4 Å². The fourth-order valence-corrected chi connectivity index (χ4v) is 2.90. The molecular weight excluding hydrogens is 360 g/mol. The summed E-state index contributed by atoms with van der Waals surface area (Å²) in [6, 6.07) is 15.7. The third kappa shape index (κ3) is 5.34. The highest BCUT2D eigenvalue weighted by atomic mass is 35.5. The van der Waals surface area contributed by atoms with Crippen molar-refractivity contribution in [2.45, 2.75) is 20.3 Å². The van der Waals surface area contributed by atoms with Crippen LogP contribution >= 0.6 is 11.6 Å². The van der Waals surface area contributed by atoms with Crippen molar-refractivity contribution in [1.29, 1.82) is 0 Å². The van der Waals surface area contributed by atoms with Gasteiger partial charge in [-0.1, -0.05) is 29.8 Å². The third-order valence-electron chi connectivity index (χ3n) is 4.15. The SMILES string of the molecule is COc1cccc(CCNc2cc(C)nc(Nc3cc(Cl)ccc3C)n2)c1. The van der Waals surface area contributed by atoms with Gasteiger partial charge in [-0.05, 0) is 55.7 Å². The summed E-state index contributed by atoms with van der Waals surface area (Å²) in [7, 11) is 1.68. The maximum absolute atomic E-state index is 6.09. The highest BCUT2D eigenvalue weighted by Gasteiger charge is 2.06. The fraction of sp³-hybridized carbons (Fsp3) is 0.238. The minimum absolute atomic E-state index is 0.546. The number of ether oxygens (including phenoxy) is 1. The Morgan fingerprint density at radius 1 is 1.04 bits per heavy atom. The Hall–Kier alpha value is -2.79. The molecule has 1 heterocycles. The molecule has 0 amide bonds. The molecule has 0 fully saturated rings. The van der Waals surface area contributed by atoms with Crippen LogP contribution in [0.25, 0.3) is 0 Å². The van der Waals surface area contributed by atoms with Crippen molar-refractivity contribution in [3.05, 3.63) is 70.4 Å². The Balaban J connectivity index is 1.67. The van der Waals surface area contributed by atoms with Crippen molar-refractivity contribution in [1.82, 2.24) is 9.97 Å². The first kappa shape index (κ1) is 19.0. The zero-order valence-electron chi connectivity index (χ0n) is 15.7. The molecule has 0 unspecified atom stereocenters. The molecule has 0 spiro atoms. The van der Waals surface area contributed by atoms with Crippen molar-refractivity contribution in [2.24, 2.45) is 0 Å². The van der Waals surface area contributed by atoms with E-state index in [4.69, 9.17) is 16.3 Å². The van der Waals surface area contributed by atoms with Crippen LogP contribution in [0.5, 0.6) is 5.75 Å². The zero-order valence-corrected chi connectivity index (χ0v) is 16.5.